The van der Waals surface area contributed by atoms with Crippen molar-refractivity contribution in [1.29, 1.82) is 0 Å². The van der Waals surface area contributed by atoms with Gasteiger partial charge in [0.05, 0.1) is 19.3 Å². The molecule has 3 heteroatoms. The second-order valence-corrected chi connectivity index (χ2v) is 4.49. The fourth-order valence-corrected chi connectivity index (χ4v) is 1.68. The topological polar surface area (TPSA) is 29.5 Å². The van der Waals surface area contributed by atoms with Crippen molar-refractivity contribution in [3.8, 4) is 11.8 Å². The molecule has 2 nitrogen and oxygen atoms in total. The standard InChI is InChI=1S/C16H21FO2/c1-3-6-13(2)19-12-15-9-8-14(11-16(15)17)7-4-5-10-18/h8-9,11,13,18H,3,5-6,10,12H2,1-2H3. The fraction of sp³-hybridized carbons (Fsp3) is 0.500. The average molecular weight is 264 g/mol. The van der Waals surface area contributed by atoms with Crippen molar-refractivity contribution in [2.75, 3.05) is 6.61 Å². The molecule has 0 aliphatic heterocycles. The molecular weight excluding hydrogens is 243 g/mol. The molecule has 0 heterocycles. The Balaban J connectivity index is 2.60. The number of rotatable bonds is 6. The smallest absolute Gasteiger partial charge is 0.129 e. The maximum atomic E-state index is 13.8. The van der Waals surface area contributed by atoms with Gasteiger partial charge in [0, 0.05) is 17.5 Å². The second kappa shape index (κ2) is 8.68. The summed E-state index contributed by atoms with van der Waals surface area (Å²) in [5.74, 6) is 5.28. The zero-order valence-electron chi connectivity index (χ0n) is 11.6. The van der Waals surface area contributed by atoms with Crippen molar-refractivity contribution in [2.45, 2.75) is 45.8 Å². The van der Waals surface area contributed by atoms with E-state index in [9.17, 15) is 4.39 Å². The molecule has 1 N–H and O–H groups in total. The first-order valence-electron chi connectivity index (χ1n) is 6.67. The number of ether oxygens (including phenoxy) is 1. The van der Waals surface area contributed by atoms with Crippen LogP contribution in [0.15, 0.2) is 18.2 Å². The van der Waals surface area contributed by atoms with Crippen LogP contribution in [0.1, 0.15) is 44.2 Å². The van der Waals surface area contributed by atoms with Gasteiger partial charge in [-0.05, 0) is 25.5 Å². The molecule has 0 bridgehead atoms. The predicted molar refractivity (Wildman–Crippen MR) is 74.1 cm³/mol. The fourth-order valence-electron chi connectivity index (χ4n) is 1.68. The molecule has 104 valence electrons. The van der Waals surface area contributed by atoms with Gasteiger partial charge in [-0.25, -0.2) is 4.39 Å². The minimum Gasteiger partial charge on any atom is -0.395 e. The number of aliphatic hydroxyl groups excluding tert-OH is 1. The maximum absolute atomic E-state index is 13.8. The van der Waals surface area contributed by atoms with Gasteiger partial charge in [-0.2, -0.15) is 0 Å². The van der Waals surface area contributed by atoms with Gasteiger partial charge in [-0.1, -0.05) is 31.3 Å². The Hall–Kier alpha value is -1.37. The zero-order valence-corrected chi connectivity index (χ0v) is 11.6. The largest absolute Gasteiger partial charge is 0.395 e. The van der Waals surface area contributed by atoms with Crippen molar-refractivity contribution >= 4 is 0 Å². The number of hydrogen-bond acceptors (Lipinski definition) is 2. The molecule has 0 aliphatic rings. The summed E-state index contributed by atoms with van der Waals surface area (Å²) in [4.78, 5) is 0. The van der Waals surface area contributed by atoms with Crippen LogP contribution in [0.4, 0.5) is 4.39 Å². The third-order valence-corrected chi connectivity index (χ3v) is 2.74. The molecule has 0 saturated carbocycles. The molecule has 0 spiro atoms. The van der Waals surface area contributed by atoms with Gasteiger partial charge in [0.15, 0.2) is 0 Å². The lowest BCUT2D eigenvalue weighted by atomic mass is 10.1. The summed E-state index contributed by atoms with van der Waals surface area (Å²) in [6.07, 6.45) is 2.59. The van der Waals surface area contributed by atoms with Crippen molar-refractivity contribution in [3.05, 3.63) is 35.1 Å². The van der Waals surface area contributed by atoms with Gasteiger partial charge in [0.2, 0.25) is 0 Å². The molecule has 1 unspecified atom stereocenters. The van der Waals surface area contributed by atoms with Crippen LogP contribution in [0.3, 0.4) is 0 Å². The van der Waals surface area contributed by atoms with E-state index in [4.69, 9.17) is 9.84 Å². The van der Waals surface area contributed by atoms with Crippen LogP contribution in [0, 0.1) is 17.7 Å². The van der Waals surface area contributed by atoms with E-state index in [0.29, 0.717) is 17.5 Å². The molecule has 0 saturated heterocycles. The first-order valence-corrected chi connectivity index (χ1v) is 6.67. The lowest BCUT2D eigenvalue weighted by Gasteiger charge is -2.12. The number of halogens is 1. The highest BCUT2D eigenvalue weighted by Gasteiger charge is 2.06. The Morgan fingerprint density at radius 3 is 2.84 bits per heavy atom. The highest BCUT2D eigenvalue weighted by Crippen LogP contribution is 2.13. The second-order valence-electron chi connectivity index (χ2n) is 4.49. The summed E-state index contributed by atoms with van der Waals surface area (Å²) in [6, 6.07) is 4.89. The molecule has 1 aromatic carbocycles. The van der Waals surface area contributed by atoms with Crippen molar-refractivity contribution in [3.63, 3.8) is 0 Å². The van der Waals surface area contributed by atoms with Crippen LogP contribution in [-0.4, -0.2) is 17.8 Å². The Labute approximate surface area is 114 Å². The van der Waals surface area contributed by atoms with Crippen molar-refractivity contribution in [1.82, 2.24) is 0 Å². The van der Waals surface area contributed by atoms with E-state index in [1.165, 1.54) is 6.07 Å². The van der Waals surface area contributed by atoms with Gasteiger partial charge < -0.3 is 9.84 Å². The Bertz CT molecular complexity index is 446. The summed E-state index contributed by atoms with van der Waals surface area (Å²) in [5.41, 5.74) is 1.17. The van der Waals surface area contributed by atoms with E-state index in [2.05, 4.69) is 18.8 Å². The van der Waals surface area contributed by atoms with Gasteiger partial charge >= 0.3 is 0 Å². The molecular formula is C16H21FO2. The van der Waals surface area contributed by atoms with Crippen molar-refractivity contribution < 1.29 is 14.2 Å². The van der Waals surface area contributed by atoms with E-state index in [1.54, 1.807) is 12.1 Å². The summed E-state index contributed by atoms with van der Waals surface area (Å²) >= 11 is 0. The van der Waals surface area contributed by atoms with Crippen LogP contribution >= 0.6 is 0 Å². The zero-order chi connectivity index (χ0) is 14.1. The normalized spacial score (nSPS) is 11.8. The van der Waals surface area contributed by atoms with E-state index in [1.807, 2.05) is 6.92 Å². The van der Waals surface area contributed by atoms with E-state index in [-0.39, 0.29) is 25.1 Å². The minimum atomic E-state index is -0.292. The van der Waals surface area contributed by atoms with Crippen LogP contribution < -0.4 is 0 Å². The summed E-state index contributed by atoms with van der Waals surface area (Å²) in [7, 11) is 0. The minimum absolute atomic E-state index is 0.0245. The summed E-state index contributed by atoms with van der Waals surface area (Å²) < 4.78 is 19.4. The maximum Gasteiger partial charge on any atom is 0.129 e. The van der Waals surface area contributed by atoms with E-state index >= 15 is 0 Å². The van der Waals surface area contributed by atoms with Gasteiger partial charge in [0.1, 0.15) is 5.82 Å². The van der Waals surface area contributed by atoms with Crippen molar-refractivity contribution in [2.24, 2.45) is 0 Å². The first-order chi connectivity index (χ1) is 9.17. The van der Waals surface area contributed by atoms with Gasteiger partial charge in [-0.15, -0.1) is 0 Å². The van der Waals surface area contributed by atoms with Gasteiger partial charge in [0.25, 0.3) is 0 Å². The monoisotopic (exact) mass is 264 g/mol. The quantitative estimate of drug-likeness (QED) is 0.799. The Kier molecular flexibility index (Phi) is 7.17. The Morgan fingerprint density at radius 1 is 1.42 bits per heavy atom. The van der Waals surface area contributed by atoms with E-state index < -0.39 is 0 Å². The Morgan fingerprint density at radius 2 is 2.21 bits per heavy atom. The summed E-state index contributed by atoms with van der Waals surface area (Å²) in [5, 5.41) is 8.62. The third-order valence-electron chi connectivity index (χ3n) is 2.74. The molecule has 0 amide bonds. The van der Waals surface area contributed by atoms with Crippen LogP contribution in [0.5, 0.6) is 0 Å². The number of benzene rings is 1. The van der Waals surface area contributed by atoms with Crippen LogP contribution in [0.2, 0.25) is 0 Å². The SMILES string of the molecule is CCCC(C)OCc1ccc(C#CCCO)cc1F. The lowest BCUT2D eigenvalue weighted by molar-refractivity contribution is 0.0456. The molecule has 0 aromatic heterocycles. The highest BCUT2D eigenvalue weighted by atomic mass is 19.1. The predicted octanol–water partition coefficient (Wildman–Crippen LogP) is 3.26. The molecule has 1 aromatic rings. The highest BCUT2D eigenvalue weighted by molar-refractivity contribution is 5.36. The molecule has 0 radical (unpaired) electrons. The molecule has 19 heavy (non-hydrogen) atoms. The summed E-state index contributed by atoms with van der Waals surface area (Å²) in [6.45, 7) is 4.41. The molecule has 1 rings (SSSR count). The average Bonchev–Trinajstić information content (AvgIpc) is 2.38. The molecule has 0 aliphatic carbocycles. The van der Waals surface area contributed by atoms with E-state index in [0.717, 1.165) is 12.8 Å². The molecule has 0 fully saturated rings. The van der Waals surface area contributed by atoms with Gasteiger partial charge in [-0.3, -0.25) is 0 Å². The number of hydrogen-bond donors (Lipinski definition) is 1. The first kappa shape index (κ1) is 15.7. The van der Waals surface area contributed by atoms with Crippen LogP contribution in [-0.2, 0) is 11.3 Å². The number of aliphatic hydroxyl groups is 1. The third kappa shape index (κ3) is 5.87. The molecule has 1 atom stereocenters. The lowest BCUT2D eigenvalue weighted by Crippen LogP contribution is -2.08. The van der Waals surface area contributed by atoms with Crippen LogP contribution in [0.25, 0.3) is 0 Å².